The topological polar surface area (TPSA) is 64.7 Å². The van der Waals surface area contributed by atoms with E-state index in [4.69, 9.17) is 11.6 Å². The van der Waals surface area contributed by atoms with Gasteiger partial charge in [-0.15, -0.1) is 0 Å². The van der Waals surface area contributed by atoms with Gasteiger partial charge in [-0.05, 0) is 33.6 Å². The average Bonchev–Trinajstić information content (AvgIpc) is 3.25. The van der Waals surface area contributed by atoms with E-state index >= 15 is 0 Å². The molecule has 0 aliphatic heterocycles. The van der Waals surface area contributed by atoms with E-state index in [2.05, 4.69) is 15.5 Å². The first-order valence-corrected chi connectivity index (χ1v) is 8.71. The standard InChI is InChI=1S/C16H19ClF3N5O/c1-4-24-8(2)11(7-21-24)22-15(26)9(3)25-13(10-5-6-10)12(17)14(23-25)16(18,19)20/h7,9-10H,4-6H2,1-3H3,(H,22,26). The molecule has 0 spiro atoms. The number of anilines is 1. The van der Waals surface area contributed by atoms with Crippen LogP contribution in [0.4, 0.5) is 18.9 Å². The highest BCUT2D eigenvalue weighted by Crippen LogP contribution is 2.47. The largest absolute Gasteiger partial charge is 0.436 e. The number of halogens is 4. The zero-order valence-corrected chi connectivity index (χ0v) is 15.3. The summed E-state index contributed by atoms with van der Waals surface area (Å²) in [4.78, 5) is 12.6. The van der Waals surface area contributed by atoms with Crippen LogP contribution in [0.2, 0.25) is 5.02 Å². The van der Waals surface area contributed by atoms with E-state index in [9.17, 15) is 18.0 Å². The van der Waals surface area contributed by atoms with Gasteiger partial charge in [0.15, 0.2) is 5.69 Å². The highest BCUT2D eigenvalue weighted by molar-refractivity contribution is 6.32. The van der Waals surface area contributed by atoms with E-state index in [0.29, 0.717) is 12.2 Å². The summed E-state index contributed by atoms with van der Waals surface area (Å²) in [6.07, 6.45) is -1.68. The van der Waals surface area contributed by atoms with Gasteiger partial charge >= 0.3 is 6.18 Å². The second-order valence-electron chi connectivity index (χ2n) is 6.39. The van der Waals surface area contributed by atoms with Crippen molar-refractivity contribution in [1.29, 1.82) is 0 Å². The van der Waals surface area contributed by atoms with Gasteiger partial charge < -0.3 is 5.32 Å². The number of rotatable bonds is 5. The van der Waals surface area contributed by atoms with Crippen LogP contribution in [0.15, 0.2) is 6.20 Å². The molecule has 142 valence electrons. The molecule has 0 radical (unpaired) electrons. The van der Waals surface area contributed by atoms with E-state index in [-0.39, 0.29) is 11.6 Å². The summed E-state index contributed by atoms with van der Waals surface area (Å²) in [6.45, 7) is 5.87. The first-order chi connectivity index (χ1) is 12.1. The van der Waals surface area contributed by atoms with Crippen LogP contribution in [0, 0.1) is 6.92 Å². The molecule has 1 fully saturated rings. The Balaban J connectivity index is 1.90. The molecule has 1 aliphatic carbocycles. The number of hydrogen-bond donors (Lipinski definition) is 1. The zero-order chi connectivity index (χ0) is 19.2. The molecule has 1 unspecified atom stereocenters. The van der Waals surface area contributed by atoms with Crippen LogP contribution in [-0.4, -0.2) is 25.5 Å². The summed E-state index contributed by atoms with van der Waals surface area (Å²) in [7, 11) is 0. The number of aromatic nitrogens is 4. The third-order valence-electron chi connectivity index (χ3n) is 4.53. The monoisotopic (exact) mass is 389 g/mol. The molecule has 2 aromatic heterocycles. The van der Waals surface area contributed by atoms with E-state index < -0.39 is 28.8 Å². The molecular weight excluding hydrogens is 371 g/mol. The molecule has 3 rings (SSSR count). The van der Waals surface area contributed by atoms with Crippen LogP contribution >= 0.6 is 11.6 Å². The molecule has 26 heavy (non-hydrogen) atoms. The van der Waals surface area contributed by atoms with Crippen LogP contribution in [0.25, 0.3) is 0 Å². The highest BCUT2D eigenvalue weighted by atomic mass is 35.5. The molecule has 1 amide bonds. The van der Waals surface area contributed by atoms with E-state index in [1.54, 1.807) is 11.6 Å². The molecule has 0 saturated heterocycles. The molecule has 1 atom stereocenters. The fraction of sp³-hybridized carbons (Fsp3) is 0.562. The Bertz CT molecular complexity index is 838. The third-order valence-corrected chi connectivity index (χ3v) is 4.90. The Morgan fingerprint density at radius 2 is 2.12 bits per heavy atom. The number of alkyl halides is 3. The Morgan fingerprint density at radius 1 is 1.46 bits per heavy atom. The maximum atomic E-state index is 13.2. The number of nitrogens with one attached hydrogen (secondary N) is 1. The van der Waals surface area contributed by atoms with Gasteiger partial charge in [-0.1, -0.05) is 11.6 Å². The molecule has 1 saturated carbocycles. The molecule has 1 N–H and O–H groups in total. The Hall–Kier alpha value is -2.03. The summed E-state index contributed by atoms with van der Waals surface area (Å²) >= 11 is 5.96. The van der Waals surface area contributed by atoms with E-state index in [0.717, 1.165) is 23.2 Å². The second-order valence-corrected chi connectivity index (χ2v) is 6.77. The predicted molar refractivity (Wildman–Crippen MR) is 90.2 cm³/mol. The van der Waals surface area contributed by atoms with Crippen molar-refractivity contribution in [2.45, 2.75) is 58.3 Å². The summed E-state index contributed by atoms with van der Waals surface area (Å²) in [5.74, 6) is -0.565. The van der Waals surface area contributed by atoms with Crippen molar-refractivity contribution in [3.05, 3.63) is 28.3 Å². The van der Waals surface area contributed by atoms with Gasteiger partial charge in [-0.3, -0.25) is 14.2 Å². The number of aryl methyl sites for hydroxylation is 1. The fourth-order valence-corrected chi connectivity index (χ4v) is 3.25. The van der Waals surface area contributed by atoms with Crippen LogP contribution in [0.5, 0.6) is 0 Å². The summed E-state index contributed by atoms with van der Waals surface area (Å²) in [5.41, 5.74) is 0.425. The Kier molecular flexibility index (Phi) is 4.76. The van der Waals surface area contributed by atoms with Crippen molar-refractivity contribution in [3.63, 3.8) is 0 Å². The van der Waals surface area contributed by atoms with Gasteiger partial charge in [0.1, 0.15) is 6.04 Å². The van der Waals surface area contributed by atoms with Crippen LogP contribution in [-0.2, 0) is 17.5 Å². The lowest BCUT2D eigenvalue weighted by molar-refractivity contribution is -0.141. The Labute approximate surface area is 153 Å². The van der Waals surface area contributed by atoms with E-state index in [1.165, 1.54) is 13.1 Å². The minimum atomic E-state index is -4.67. The molecular formula is C16H19ClF3N5O. The second kappa shape index (κ2) is 6.61. The number of hydrogen-bond acceptors (Lipinski definition) is 3. The molecule has 2 aromatic rings. The molecule has 6 nitrogen and oxygen atoms in total. The maximum absolute atomic E-state index is 13.2. The minimum absolute atomic E-state index is 0.0917. The summed E-state index contributed by atoms with van der Waals surface area (Å²) in [5, 5.41) is 10.1. The molecule has 10 heteroatoms. The smallest absolute Gasteiger partial charge is 0.321 e. The Morgan fingerprint density at radius 3 is 2.62 bits per heavy atom. The fourth-order valence-electron chi connectivity index (χ4n) is 2.86. The molecule has 1 aliphatic rings. The van der Waals surface area contributed by atoms with E-state index in [1.807, 2.05) is 6.92 Å². The number of nitrogens with zero attached hydrogens (tertiary/aromatic N) is 4. The lowest BCUT2D eigenvalue weighted by Gasteiger charge is -2.15. The van der Waals surface area contributed by atoms with Crippen LogP contribution in [0.1, 0.15) is 55.7 Å². The summed E-state index contributed by atoms with van der Waals surface area (Å²) in [6, 6.07) is -0.941. The number of amides is 1. The van der Waals surface area contributed by atoms with Gasteiger partial charge in [0.05, 0.1) is 28.3 Å². The first-order valence-electron chi connectivity index (χ1n) is 8.33. The molecule has 2 heterocycles. The molecule has 0 aromatic carbocycles. The molecule has 0 bridgehead atoms. The number of carbonyl (C=O) groups is 1. The van der Waals surface area contributed by atoms with Gasteiger partial charge in [0.2, 0.25) is 5.91 Å². The van der Waals surface area contributed by atoms with Gasteiger partial charge in [-0.25, -0.2) is 0 Å². The average molecular weight is 390 g/mol. The minimum Gasteiger partial charge on any atom is -0.321 e. The van der Waals surface area contributed by atoms with Crippen molar-refractivity contribution < 1.29 is 18.0 Å². The van der Waals surface area contributed by atoms with Gasteiger partial charge in [0, 0.05) is 12.5 Å². The highest BCUT2D eigenvalue weighted by Gasteiger charge is 2.43. The van der Waals surface area contributed by atoms with Crippen molar-refractivity contribution in [3.8, 4) is 0 Å². The predicted octanol–water partition coefficient (Wildman–Crippen LogP) is 4.16. The maximum Gasteiger partial charge on any atom is 0.436 e. The van der Waals surface area contributed by atoms with Gasteiger partial charge in [0.25, 0.3) is 0 Å². The quantitative estimate of drug-likeness (QED) is 0.835. The van der Waals surface area contributed by atoms with Crippen molar-refractivity contribution in [2.75, 3.05) is 5.32 Å². The lowest BCUT2D eigenvalue weighted by atomic mass is 10.2. The first kappa shape index (κ1) is 18.8. The lowest BCUT2D eigenvalue weighted by Crippen LogP contribution is -2.26. The number of carbonyl (C=O) groups excluding carboxylic acids is 1. The van der Waals surface area contributed by atoms with Crippen molar-refractivity contribution in [1.82, 2.24) is 19.6 Å². The van der Waals surface area contributed by atoms with Crippen molar-refractivity contribution in [2.24, 2.45) is 0 Å². The normalized spacial score (nSPS) is 16.0. The van der Waals surface area contributed by atoms with Crippen molar-refractivity contribution >= 4 is 23.2 Å². The third kappa shape index (κ3) is 3.32. The van der Waals surface area contributed by atoms with Gasteiger partial charge in [-0.2, -0.15) is 23.4 Å². The summed E-state index contributed by atoms with van der Waals surface area (Å²) < 4.78 is 42.3. The van der Waals surface area contributed by atoms with Crippen LogP contribution < -0.4 is 5.32 Å². The van der Waals surface area contributed by atoms with Crippen LogP contribution in [0.3, 0.4) is 0 Å². The SMILES string of the molecule is CCn1ncc(NC(=O)C(C)n2nc(C(F)(F)F)c(Cl)c2C2CC2)c1C. The zero-order valence-electron chi connectivity index (χ0n) is 14.6.